The van der Waals surface area contributed by atoms with E-state index in [9.17, 15) is 43.2 Å². The molecule has 534 valence electrons. The summed E-state index contributed by atoms with van der Waals surface area (Å²) in [4.78, 5) is 72.4. The number of unbranched alkanes of at least 4 members (excludes halogenated alkanes) is 46. The molecule has 0 heterocycles. The van der Waals surface area contributed by atoms with Gasteiger partial charge in [0.15, 0.2) is 12.2 Å². The summed E-state index contributed by atoms with van der Waals surface area (Å²) >= 11 is 0. The number of aliphatic hydroxyl groups excluding tert-OH is 1. The first kappa shape index (κ1) is 88.1. The summed E-state index contributed by atoms with van der Waals surface area (Å²) in [5, 5.41) is 10.6. The molecule has 90 heavy (non-hydrogen) atoms. The van der Waals surface area contributed by atoms with E-state index in [1.807, 2.05) is 0 Å². The summed E-state index contributed by atoms with van der Waals surface area (Å²) in [6.45, 7) is 4.90. The maximum Gasteiger partial charge on any atom is 0.472 e. The van der Waals surface area contributed by atoms with Crippen LogP contribution in [0.15, 0.2) is 0 Å². The molecule has 0 rings (SSSR count). The summed E-state index contributed by atoms with van der Waals surface area (Å²) < 4.78 is 68.2. The van der Waals surface area contributed by atoms with Gasteiger partial charge in [-0.25, -0.2) is 9.13 Å². The molecular weight excluding hydrogens is 1190 g/mol. The third-order valence-corrected chi connectivity index (χ3v) is 18.5. The normalized spacial score (nSPS) is 14.0. The number of carbonyl (C=O) groups is 4. The minimum Gasteiger partial charge on any atom is -0.462 e. The van der Waals surface area contributed by atoms with Gasteiger partial charge < -0.3 is 33.8 Å². The van der Waals surface area contributed by atoms with Crippen LogP contribution in [-0.4, -0.2) is 96.7 Å². The zero-order chi connectivity index (χ0) is 66.1. The van der Waals surface area contributed by atoms with Gasteiger partial charge in [-0.05, 0) is 25.7 Å². The number of carbonyl (C=O) groups excluding carboxylic acids is 4. The van der Waals surface area contributed by atoms with Crippen molar-refractivity contribution in [1.82, 2.24) is 0 Å². The van der Waals surface area contributed by atoms with Gasteiger partial charge in [0.05, 0.1) is 26.4 Å². The highest BCUT2D eigenvalue weighted by molar-refractivity contribution is 7.47. The average Bonchev–Trinajstić information content (AvgIpc) is 3.56. The second kappa shape index (κ2) is 65.7. The molecule has 0 aromatic carbocycles. The van der Waals surface area contributed by atoms with Crippen LogP contribution in [0.25, 0.3) is 0 Å². The van der Waals surface area contributed by atoms with Gasteiger partial charge in [0, 0.05) is 25.7 Å². The van der Waals surface area contributed by atoms with Crippen molar-refractivity contribution in [3.05, 3.63) is 0 Å². The van der Waals surface area contributed by atoms with Crippen LogP contribution in [0.2, 0.25) is 0 Å². The van der Waals surface area contributed by atoms with Crippen molar-refractivity contribution < 1.29 is 80.2 Å². The zero-order valence-electron chi connectivity index (χ0n) is 58.1. The average molecular weight is 1330 g/mol. The van der Waals surface area contributed by atoms with Gasteiger partial charge >= 0.3 is 39.5 Å². The molecule has 0 spiro atoms. The molecule has 0 aliphatic carbocycles. The van der Waals surface area contributed by atoms with Crippen LogP contribution in [0.4, 0.5) is 0 Å². The van der Waals surface area contributed by atoms with E-state index in [1.165, 1.54) is 193 Å². The van der Waals surface area contributed by atoms with Gasteiger partial charge in [-0.2, -0.15) is 0 Å². The smallest absolute Gasteiger partial charge is 0.462 e. The number of hydrogen-bond donors (Lipinski definition) is 3. The lowest BCUT2D eigenvalue weighted by molar-refractivity contribution is -0.161. The molecule has 0 fully saturated rings. The van der Waals surface area contributed by atoms with Crippen LogP contribution >= 0.6 is 15.6 Å². The number of esters is 4. The Morgan fingerprint density at radius 3 is 0.656 bits per heavy atom. The van der Waals surface area contributed by atoms with Gasteiger partial charge in [-0.15, -0.1) is 0 Å². The summed E-state index contributed by atoms with van der Waals surface area (Å²) in [6.07, 6.45) is 54.3. The van der Waals surface area contributed by atoms with Crippen LogP contribution in [0, 0.1) is 0 Å². The number of phosphoric ester groups is 2. The molecule has 3 N–H and O–H groups in total. The standard InChI is InChI=1S/C71H138O17P2/c1-5-9-13-17-21-24-26-28-30-31-32-33-35-37-39-42-46-50-54-58-71(76)88-67(62-82-69(74)56-52-48-44-41-38-36-34-29-27-25-22-18-14-10-6-2)64-86-90(79,80)84-60-65(72)59-83-89(77,78)85-63-66(61-81-68(73)55-51-47-43-20-16-12-8-4)87-70(75)57-53-49-45-40-23-19-15-11-7-3/h65-67,72H,5-64H2,1-4H3,(H,77,78)(H,79,80)/t65-,66+,67+/m0/s1. The van der Waals surface area contributed by atoms with E-state index in [4.69, 9.17) is 37.0 Å². The molecule has 0 radical (unpaired) electrons. The highest BCUT2D eigenvalue weighted by Crippen LogP contribution is 2.45. The molecule has 5 atom stereocenters. The van der Waals surface area contributed by atoms with Gasteiger partial charge in [0.2, 0.25) is 0 Å². The lowest BCUT2D eigenvalue weighted by atomic mass is 10.0. The van der Waals surface area contributed by atoms with E-state index >= 15 is 0 Å². The molecule has 0 amide bonds. The fourth-order valence-corrected chi connectivity index (χ4v) is 12.4. The molecular formula is C71H138O17P2. The Morgan fingerprint density at radius 1 is 0.267 bits per heavy atom. The fourth-order valence-electron chi connectivity index (χ4n) is 10.9. The Kier molecular flexibility index (Phi) is 64.3. The van der Waals surface area contributed by atoms with E-state index in [0.717, 1.165) is 103 Å². The lowest BCUT2D eigenvalue weighted by Gasteiger charge is -2.21. The maximum absolute atomic E-state index is 13.0. The predicted molar refractivity (Wildman–Crippen MR) is 363 cm³/mol. The quantitative estimate of drug-likeness (QED) is 0.0222. The van der Waals surface area contributed by atoms with Crippen LogP contribution in [0.5, 0.6) is 0 Å². The van der Waals surface area contributed by atoms with Crippen molar-refractivity contribution in [3.63, 3.8) is 0 Å². The minimum absolute atomic E-state index is 0.106. The Morgan fingerprint density at radius 2 is 0.444 bits per heavy atom. The topological polar surface area (TPSA) is 237 Å². The Labute approximate surface area is 549 Å². The molecule has 2 unspecified atom stereocenters. The monoisotopic (exact) mass is 1320 g/mol. The van der Waals surface area contributed by atoms with Gasteiger partial charge in [-0.1, -0.05) is 323 Å². The van der Waals surface area contributed by atoms with Crippen molar-refractivity contribution in [2.75, 3.05) is 39.6 Å². The van der Waals surface area contributed by atoms with E-state index < -0.39 is 97.5 Å². The number of hydrogen-bond acceptors (Lipinski definition) is 15. The van der Waals surface area contributed by atoms with Crippen LogP contribution in [-0.2, 0) is 65.4 Å². The highest BCUT2D eigenvalue weighted by atomic mass is 31.2. The molecule has 0 aromatic rings. The predicted octanol–water partition coefficient (Wildman–Crippen LogP) is 20.7. The van der Waals surface area contributed by atoms with Gasteiger partial charge in [0.25, 0.3) is 0 Å². The molecule has 17 nitrogen and oxygen atoms in total. The van der Waals surface area contributed by atoms with Crippen LogP contribution in [0.3, 0.4) is 0 Å². The van der Waals surface area contributed by atoms with Crippen molar-refractivity contribution >= 4 is 39.5 Å². The molecule has 0 saturated heterocycles. The largest absolute Gasteiger partial charge is 0.472 e. The number of phosphoric acid groups is 2. The van der Waals surface area contributed by atoms with Gasteiger partial charge in [-0.3, -0.25) is 37.3 Å². The Balaban J connectivity index is 5.16. The van der Waals surface area contributed by atoms with Crippen molar-refractivity contribution in [2.45, 2.75) is 393 Å². The van der Waals surface area contributed by atoms with Crippen LogP contribution < -0.4 is 0 Å². The molecule has 0 saturated carbocycles. The SMILES string of the molecule is CCCCCCCCCCCCCCCCCCCCCC(=O)O[C@H](COC(=O)CCCCCCCCCCCCCCCCC)COP(=O)(O)OC[C@@H](O)COP(=O)(O)OC[C@@H](COC(=O)CCCCCCCCC)OC(=O)CCCCCCCCCCC. The molecule has 0 aromatic heterocycles. The Hall–Kier alpha value is -1.94. The van der Waals surface area contributed by atoms with Crippen molar-refractivity contribution in [1.29, 1.82) is 0 Å². The summed E-state index contributed by atoms with van der Waals surface area (Å²) in [5.41, 5.74) is 0. The first-order chi connectivity index (χ1) is 43.7. The fraction of sp³-hybridized carbons (Fsp3) is 0.944. The van der Waals surface area contributed by atoms with Crippen molar-refractivity contribution in [2.24, 2.45) is 0 Å². The second-order valence-corrected chi connectivity index (χ2v) is 28.5. The molecule has 0 bridgehead atoms. The van der Waals surface area contributed by atoms with E-state index in [-0.39, 0.29) is 25.7 Å². The maximum atomic E-state index is 13.0. The first-order valence-corrected chi connectivity index (χ1v) is 40.3. The summed E-state index contributed by atoms with van der Waals surface area (Å²) in [7, 11) is -9.89. The van der Waals surface area contributed by atoms with Crippen LogP contribution in [0.1, 0.15) is 374 Å². The van der Waals surface area contributed by atoms with Crippen molar-refractivity contribution in [3.8, 4) is 0 Å². The number of aliphatic hydroxyl groups is 1. The Bertz CT molecular complexity index is 1720. The molecule has 0 aliphatic heterocycles. The third-order valence-electron chi connectivity index (χ3n) is 16.6. The summed E-state index contributed by atoms with van der Waals surface area (Å²) in [6, 6.07) is 0. The van der Waals surface area contributed by atoms with Gasteiger partial charge in [0.1, 0.15) is 19.3 Å². The zero-order valence-corrected chi connectivity index (χ0v) is 59.9. The third kappa shape index (κ3) is 64.8. The van der Waals surface area contributed by atoms with E-state index in [2.05, 4.69) is 27.7 Å². The van der Waals surface area contributed by atoms with E-state index in [1.54, 1.807) is 0 Å². The van der Waals surface area contributed by atoms with E-state index in [0.29, 0.717) is 25.7 Å². The first-order valence-electron chi connectivity index (χ1n) is 37.3. The molecule has 0 aliphatic rings. The second-order valence-electron chi connectivity index (χ2n) is 25.6. The highest BCUT2D eigenvalue weighted by Gasteiger charge is 2.30. The summed E-state index contributed by atoms with van der Waals surface area (Å²) in [5.74, 6) is -2.13. The number of ether oxygens (including phenoxy) is 4. The lowest BCUT2D eigenvalue weighted by Crippen LogP contribution is -2.30. The number of rotatable bonds is 72. The molecule has 19 heteroatoms. The minimum atomic E-state index is -4.95.